The van der Waals surface area contributed by atoms with E-state index in [0.29, 0.717) is 0 Å². The minimum absolute atomic E-state index is 0.0665. The first-order valence-corrected chi connectivity index (χ1v) is 6.70. The van der Waals surface area contributed by atoms with Crippen molar-refractivity contribution in [3.63, 3.8) is 0 Å². The van der Waals surface area contributed by atoms with E-state index in [1.807, 2.05) is 13.8 Å². The number of carbonyl (C=O) groups excluding carboxylic acids is 1. The Hall–Kier alpha value is -1.53. The van der Waals surface area contributed by atoms with Crippen molar-refractivity contribution in [1.29, 1.82) is 0 Å². The standard InChI is InChI=1S/C14H22O7/c1-7(2)5-14(4,9(16)6-15)21-13-12(19)11(18)10(17)8(3)20-13/h7-8,10,13,16-19H,5H2,1-4H3/t8?,10-,13+,14-/m1/s1. The van der Waals surface area contributed by atoms with Crippen molar-refractivity contribution in [3.05, 3.63) is 17.3 Å². The minimum atomic E-state index is -1.43. The van der Waals surface area contributed by atoms with Gasteiger partial charge in [-0.05, 0) is 26.2 Å². The van der Waals surface area contributed by atoms with Crippen molar-refractivity contribution < 1.29 is 34.7 Å². The summed E-state index contributed by atoms with van der Waals surface area (Å²) in [5.74, 6) is -0.555. The van der Waals surface area contributed by atoms with Crippen molar-refractivity contribution in [2.45, 2.75) is 58.2 Å². The SMILES string of the molecule is CC(C)C[C@@](C)(O[C@@H]1OC(C)[C@@H](O)C(O)=C1O)C(O)=C=O. The van der Waals surface area contributed by atoms with Crippen LogP contribution in [0.4, 0.5) is 0 Å². The van der Waals surface area contributed by atoms with Gasteiger partial charge in [0.25, 0.3) is 0 Å². The van der Waals surface area contributed by atoms with Gasteiger partial charge in [-0.3, -0.25) is 0 Å². The maximum atomic E-state index is 10.7. The molecule has 0 aromatic heterocycles. The molecule has 7 nitrogen and oxygen atoms in total. The summed E-state index contributed by atoms with van der Waals surface area (Å²) < 4.78 is 10.8. The monoisotopic (exact) mass is 302 g/mol. The Kier molecular flexibility index (Phi) is 5.42. The predicted octanol–water partition coefficient (Wildman–Crippen LogP) is 1.51. The maximum Gasteiger partial charge on any atom is 0.221 e. The van der Waals surface area contributed by atoms with E-state index in [-0.39, 0.29) is 12.3 Å². The highest BCUT2D eigenvalue weighted by Crippen LogP contribution is 2.33. The normalized spacial score (nSPS) is 29.1. The van der Waals surface area contributed by atoms with Crippen LogP contribution in [0.25, 0.3) is 0 Å². The Balaban J connectivity index is 3.07. The van der Waals surface area contributed by atoms with Gasteiger partial charge in [0.1, 0.15) is 11.7 Å². The first-order chi connectivity index (χ1) is 9.62. The predicted molar refractivity (Wildman–Crippen MR) is 73.4 cm³/mol. The second-order valence-corrected chi connectivity index (χ2v) is 5.79. The van der Waals surface area contributed by atoms with E-state index in [9.17, 15) is 25.2 Å². The third kappa shape index (κ3) is 3.77. The Morgan fingerprint density at radius 2 is 2.00 bits per heavy atom. The number of hydrogen-bond donors (Lipinski definition) is 4. The molecule has 1 heterocycles. The smallest absolute Gasteiger partial charge is 0.221 e. The second-order valence-electron chi connectivity index (χ2n) is 5.79. The van der Waals surface area contributed by atoms with E-state index < -0.39 is 41.4 Å². The van der Waals surface area contributed by atoms with Crippen LogP contribution in [0.15, 0.2) is 17.3 Å². The van der Waals surface area contributed by atoms with Crippen molar-refractivity contribution in [1.82, 2.24) is 0 Å². The molecule has 0 aromatic carbocycles. The van der Waals surface area contributed by atoms with Gasteiger partial charge >= 0.3 is 0 Å². The third-order valence-electron chi connectivity index (χ3n) is 3.31. The van der Waals surface area contributed by atoms with Crippen molar-refractivity contribution in [2.24, 2.45) is 5.92 Å². The molecule has 0 radical (unpaired) electrons. The van der Waals surface area contributed by atoms with Gasteiger partial charge in [0.2, 0.25) is 12.0 Å². The molecule has 1 unspecified atom stereocenters. The molecule has 0 aromatic rings. The largest absolute Gasteiger partial charge is 0.506 e. The lowest BCUT2D eigenvalue weighted by molar-refractivity contribution is -0.239. The molecule has 0 fully saturated rings. The van der Waals surface area contributed by atoms with Gasteiger partial charge in [-0.2, -0.15) is 0 Å². The fourth-order valence-electron chi connectivity index (χ4n) is 2.24. The summed E-state index contributed by atoms with van der Waals surface area (Å²) in [7, 11) is 0. The average molecular weight is 302 g/mol. The van der Waals surface area contributed by atoms with E-state index in [4.69, 9.17) is 9.47 Å². The van der Waals surface area contributed by atoms with Crippen molar-refractivity contribution in [3.8, 4) is 0 Å². The van der Waals surface area contributed by atoms with E-state index in [0.717, 1.165) is 0 Å². The van der Waals surface area contributed by atoms with Crippen LogP contribution in [0, 0.1) is 5.92 Å². The molecule has 1 aliphatic rings. The quantitative estimate of drug-likeness (QED) is 0.449. The number of aliphatic hydroxyl groups excluding tert-OH is 4. The third-order valence-corrected chi connectivity index (χ3v) is 3.31. The molecule has 4 N–H and O–H groups in total. The van der Waals surface area contributed by atoms with Crippen LogP contribution in [0.3, 0.4) is 0 Å². The Bertz CT molecular complexity index is 464. The van der Waals surface area contributed by atoms with Crippen LogP contribution in [0.1, 0.15) is 34.1 Å². The molecule has 21 heavy (non-hydrogen) atoms. The first-order valence-electron chi connectivity index (χ1n) is 6.70. The highest BCUT2D eigenvalue weighted by Gasteiger charge is 2.42. The van der Waals surface area contributed by atoms with Gasteiger partial charge in [0.15, 0.2) is 17.5 Å². The molecule has 0 amide bonds. The van der Waals surface area contributed by atoms with Crippen LogP contribution in [-0.2, 0) is 14.3 Å². The lowest BCUT2D eigenvalue weighted by atomic mass is 9.92. The molecule has 7 heteroatoms. The topological polar surface area (TPSA) is 116 Å². The molecule has 4 atom stereocenters. The van der Waals surface area contributed by atoms with Gasteiger partial charge in [0.05, 0.1) is 6.10 Å². The van der Waals surface area contributed by atoms with Crippen LogP contribution in [0.5, 0.6) is 0 Å². The number of ether oxygens (including phenoxy) is 2. The minimum Gasteiger partial charge on any atom is -0.506 e. The van der Waals surface area contributed by atoms with Crippen LogP contribution >= 0.6 is 0 Å². The van der Waals surface area contributed by atoms with Crippen LogP contribution in [0.2, 0.25) is 0 Å². The average Bonchev–Trinajstić information content (AvgIpc) is 2.40. The summed E-state index contributed by atoms with van der Waals surface area (Å²) in [5.41, 5.74) is -1.43. The zero-order valence-electron chi connectivity index (χ0n) is 12.5. The summed E-state index contributed by atoms with van der Waals surface area (Å²) in [6.45, 7) is 6.66. The molecular weight excluding hydrogens is 280 g/mol. The highest BCUT2D eigenvalue weighted by atomic mass is 16.7. The Labute approximate surface area is 123 Å². The van der Waals surface area contributed by atoms with E-state index in [1.165, 1.54) is 19.8 Å². The lowest BCUT2D eigenvalue weighted by Crippen LogP contribution is -2.46. The molecule has 0 saturated heterocycles. The molecule has 1 rings (SSSR count). The van der Waals surface area contributed by atoms with Crippen LogP contribution in [-0.4, -0.2) is 50.5 Å². The molecule has 0 spiro atoms. The number of rotatable bonds is 5. The lowest BCUT2D eigenvalue weighted by Gasteiger charge is -2.37. The zero-order valence-corrected chi connectivity index (χ0v) is 12.5. The number of hydrogen-bond acceptors (Lipinski definition) is 7. The summed E-state index contributed by atoms with van der Waals surface area (Å²) >= 11 is 0. The van der Waals surface area contributed by atoms with E-state index in [2.05, 4.69) is 0 Å². The summed E-state index contributed by atoms with van der Waals surface area (Å²) in [5, 5.41) is 38.7. The first kappa shape index (κ1) is 17.5. The number of aliphatic hydroxyl groups is 4. The molecular formula is C14H22O7. The maximum absolute atomic E-state index is 10.7. The molecule has 120 valence electrons. The summed E-state index contributed by atoms with van der Waals surface area (Å²) in [6, 6.07) is 0. The molecule has 0 saturated carbocycles. The molecule has 0 bridgehead atoms. The Morgan fingerprint density at radius 1 is 1.43 bits per heavy atom. The Morgan fingerprint density at radius 3 is 2.48 bits per heavy atom. The van der Waals surface area contributed by atoms with Gasteiger partial charge in [-0.1, -0.05) is 13.8 Å². The van der Waals surface area contributed by atoms with E-state index >= 15 is 0 Å². The van der Waals surface area contributed by atoms with Crippen LogP contribution < -0.4 is 0 Å². The fourth-order valence-corrected chi connectivity index (χ4v) is 2.24. The van der Waals surface area contributed by atoms with Crippen molar-refractivity contribution in [2.75, 3.05) is 0 Å². The fraction of sp³-hybridized carbons (Fsp3) is 0.714. The summed E-state index contributed by atoms with van der Waals surface area (Å²) in [6.07, 6.45) is -3.32. The zero-order chi connectivity index (χ0) is 16.4. The highest BCUT2D eigenvalue weighted by molar-refractivity contribution is 5.52. The van der Waals surface area contributed by atoms with Gasteiger partial charge < -0.3 is 29.9 Å². The van der Waals surface area contributed by atoms with Crippen molar-refractivity contribution >= 4 is 5.94 Å². The second kappa shape index (κ2) is 6.49. The van der Waals surface area contributed by atoms with Gasteiger partial charge in [0, 0.05) is 0 Å². The van der Waals surface area contributed by atoms with Gasteiger partial charge in [-0.15, -0.1) is 0 Å². The van der Waals surface area contributed by atoms with Gasteiger partial charge in [-0.25, -0.2) is 4.79 Å². The molecule has 1 aliphatic heterocycles. The van der Waals surface area contributed by atoms with E-state index in [1.54, 1.807) is 0 Å². The summed E-state index contributed by atoms with van der Waals surface area (Å²) in [4.78, 5) is 10.7. The molecule has 0 aliphatic carbocycles.